The van der Waals surface area contributed by atoms with Gasteiger partial charge < -0.3 is 29.6 Å². The van der Waals surface area contributed by atoms with Gasteiger partial charge in [0, 0.05) is 145 Å². The Labute approximate surface area is 534 Å². The van der Waals surface area contributed by atoms with Crippen LogP contribution in [0.1, 0.15) is 0 Å². The topological polar surface area (TPSA) is 70.3 Å². The van der Waals surface area contributed by atoms with E-state index in [0.29, 0.717) is 0 Å². The van der Waals surface area contributed by atoms with Crippen molar-refractivity contribution in [3.8, 4) is 89.5 Å². The van der Waals surface area contributed by atoms with Crippen molar-refractivity contribution in [1.82, 2.24) is 19.9 Å². The molecule has 4 heterocycles. The Bertz CT molecular complexity index is 5030. The number of hydrogen-bond acceptors (Lipinski definition) is 6. The van der Waals surface area contributed by atoms with Gasteiger partial charge >= 0.3 is 0 Å². The van der Waals surface area contributed by atoms with Crippen LogP contribution in [-0.2, 0) is 0 Å². The van der Waals surface area contributed by atoms with E-state index in [1.54, 1.807) is 0 Å². The number of benzene rings is 12. The lowest BCUT2D eigenvalue weighted by atomic mass is 9.91. The highest BCUT2D eigenvalue weighted by molar-refractivity contribution is 6.25. The standard InChI is InChI=1S/C84H66N8/c1-89(2)61-33-25-49(26-34-61)73-77-65-41-53-17-9-11-19-55(53)43-67(65)79(85-77)74(50-27-35-62(36-28-50)90(3)4)81-69-45-57-21-13-15-23-59(57)47-71(69)83(87-81)76(52-31-39-64(40-32-52)92(7)8)84-72-48-60-24-16-14-22-58(60)46-70(72)82(88-84)75(51-29-37-63(38-30-51)91(5)6)80-68-44-56-20-12-10-18-54(56)42-66(68)78(73)86-80/h9-48,85,88H,1-8H3. The van der Waals surface area contributed by atoms with Crippen LogP contribution >= 0.6 is 0 Å². The van der Waals surface area contributed by atoms with Gasteiger partial charge in [0.1, 0.15) is 0 Å². The molecule has 8 bridgehead atoms. The third kappa shape index (κ3) is 8.73. The van der Waals surface area contributed by atoms with Crippen LogP contribution < -0.4 is 19.6 Å². The largest absolute Gasteiger partial charge is 0.378 e. The number of aromatic amines is 2. The quantitative estimate of drug-likeness (QED) is 0.158. The molecular formula is C84H66N8. The second-order valence-corrected chi connectivity index (χ2v) is 25.6. The van der Waals surface area contributed by atoms with Crippen LogP contribution in [0.15, 0.2) is 243 Å². The molecule has 8 heteroatoms. The highest BCUT2D eigenvalue weighted by atomic mass is 15.1. The van der Waals surface area contributed by atoms with Crippen LogP contribution in [0.5, 0.6) is 0 Å². The third-order valence-electron chi connectivity index (χ3n) is 19.2. The summed E-state index contributed by atoms with van der Waals surface area (Å²) >= 11 is 0. The van der Waals surface area contributed by atoms with Crippen molar-refractivity contribution in [2.45, 2.75) is 0 Å². The first kappa shape index (κ1) is 54.7. The van der Waals surface area contributed by atoms with Gasteiger partial charge in [0.05, 0.1) is 44.8 Å². The number of anilines is 4. The summed E-state index contributed by atoms with van der Waals surface area (Å²) in [6.07, 6.45) is 0. The Morgan fingerprint density at radius 2 is 0.413 bits per heavy atom. The molecule has 0 saturated heterocycles. The summed E-state index contributed by atoms with van der Waals surface area (Å²) in [7, 11) is 16.8. The predicted octanol–water partition coefficient (Wildman–Crippen LogP) is 20.8. The Balaban J connectivity index is 1.21. The molecule has 1 aliphatic carbocycles. The van der Waals surface area contributed by atoms with Gasteiger partial charge in [-0.15, -0.1) is 0 Å². The van der Waals surface area contributed by atoms with Crippen LogP contribution in [0.4, 0.5) is 22.7 Å². The first-order valence-electron chi connectivity index (χ1n) is 31.6. The fraction of sp³-hybridized carbons (Fsp3) is 0.0952. The van der Waals surface area contributed by atoms with E-state index in [9.17, 15) is 0 Å². The molecule has 2 aliphatic heterocycles. The lowest BCUT2D eigenvalue weighted by molar-refractivity contribution is 1.13. The molecule has 0 unspecified atom stereocenters. The molecule has 0 atom stereocenters. The van der Waals surface area contributed by atoms with Gasteiger partial charge in [-0.3, -0.25) is 0 Å². The maximum atomic E-state index is 6.30. The van der Waals surface area contributed by atoms with Gasteiger partial charge in [-0.25, -0.2) is 9.97 Å². The molecule has 442 valence electrons. The lowest BCUT2D eigenvalue weighted by Gasteiger charge is -2.14. The van der Waals surface area contributed by atoms with Crippen molar-refractivity contribution >= 4 is 109 Å². The van der Waals surface area contributed by atoms with Crippen molar-refractivity contribution in [3.05, 3.63) is 243 Å². The maximum absolute atomic E-state index is 6.30. The summed E-state index contributed by atoms with van der Waals surface area (Å²) in [6, 6.07) is 90.4. The van der Waals surface area contributed by atoms with E-state index in [0.717, 1.165) is 199 Å². The van der Waals surface area contributed by atoms with Crippen molar-refractivity contribution in [1.29, 1.82) is 0 Å². The van der Waals surface area contributed by atoms with E-state index in [2.05, 4.69) is 329 Å². The highest BCUT2D eigenvalue weighted by Crippen LogP contribution is 2.54. The number of H-pyrrole nitrogens is 2. The minimum Gasteiger partial charge on any atom is -0.378 e. The van der Waals surface area contributed by atoms with Crippen molar-refractivity contribution < 1.29 is 0 Å². The molecule has 0 saturated carbocycles. The summed E-state index contributed by atoms with van der Waals surface area (Å²) in [6.45, 7) is 0. The summed E-state index contributed by atoms with van der Waals surface area (Å²) in [5, 5.41) is 13.5. The van der Waals surface area contributed by atoms with E-state index in [-0.39, 0.29) is 0 Å². The average molecular weight is 1190 g/mol. The number of aromatic nitrogens is 4. The monoisotopic (exact) mass is 1190 g/mol. The SMILES string of the molecule is CN(C)c1ccc(-c2c3nc(c(-c4ccc(N(C)C)cc4)c4[nH]c(c(-c5ccc(N(C)C)cc5)c5nc(c(-c6ccc(N(C)C)cc6)c6[nH]c2c2cc7ccccc7cc62)-c2cc6ccccc6cc2-5)c2cc5ccccc5cc42)-c2cc4ccccc4cc2-3)cc1. The van der Waals surface area contributed by atoms with Gasteiger partial charge in [-0.2, -0.15) is 0 Å². The fourth-order valence-corrected chi connectivity index (χ4v) is 14.4. The lowest BCUT2D eigenvalue weighted by Crippen LogP contribution is -2.07. The summed E-state index contributed by atoms with van der Waals surface area (Å²) in [5.74, 6) is 0. The molecule has 8 nitrogen and oxygen atoms in total. The van der Waals surface area contributed by atoms with Gasteiger partial charge in [0.25, 0.3) is 0 Å². The fourth-order valence-electron chi connectivity index (χ4n) is 14.4. The number of fused-ring (bicyclic) bond motifs is 4. The van der Waals surface area contributed by atoms with Crippen LogP contribution in [-0.4, -0.2) is 76.3 Å². The summed E-state index contributed by atoms with van der Waals surface area (Å²) in [5.41, 5.74) is 24.2. The zero-order valence-corrected chi connectivity index (χ0v) is 52.8. The molecule has 14 aromatic rings. The molecule has 0 spiro atoms. The van der Waals surface area contributed by atoms with Crippen molar-refractivity contribution in [2.75, 3.05) is 76.0 Å². The number of nitrogens with one attached hydrogen (secondary N) is 2. The Morgan fingerprint density at radius 1 is 0.228 bits per heavy atom. The molecular weight excluding hydrogens is 1120 g/mol. The Morgan fingerprint density at radius 3 is 0.598 bits per heavy atom. The smallest absolute Gasteiger partial charge is 0.0816 e. The zero-order chi connectivity index (χ0) is 62.2. The number of hydrogen-bond donors (Lipinski definition) is 2. The van der Waals surface area contributed by atoms with E-state index >= 15 is 0 Å². The van der Waals surface area contributed by atoms with Crippen molar-refractivity contribution in [2.24, 2.45) is 0 Å². The number of nitrogens with zero attached hydrogens (tertiary/aromatic N) is 6. The Kier molecular flexibility index (Phi) is 12.5. The van der Waals surface area contributed by atoms with Gasteiger partial charge in [-0.05, 0) is 162 Å². The van der Waals surface area contributed by atoms with E-state index < -0.39 is 0 Å². The molecule has 0 radical (unpaired) electrons. The normalized spacial score (nSPS) is 11.9. The second-order valence-electron chi connectivity index (χ2n) is 25.6. The average Bonchev–Trinajstić information content (AvgIpc) is 1.56. The molecule has 12 aromatic carbocycles. The summed E-state index contributed by atoms with van der Waals surface area (Å²) < 4.78 is 0. The van der Waals surface area contributed by atoms with E-state index in [1.807, 2.05) is 0 Å². The predicted molar refractivity (Wildman–Crippen MR) is 394 cm³/mol. The van der Waals surface area contributed by atoms with Crippen LogP contribution in [0.2, 0.25) is 0 Å². The van der Waals surface area contributed by atoms with Gasteiger partial charge in [-0.1, -0.05) is 146 Å². The van der Waals surface area contributed by atoms with Crippen molar-refractivity contribution in [3.63, 3.8) is 0 Å². The molecule has 17 rings (SSSR count). The minimum atomic E-state index is 0.882. The zero-order valence-electron chi connectivity index (χ0n) is 52.8. The summed E-state index contributed by atoms with van der Waals surface area (Å²) in [4.78, 5) is 30.0. The van der Waals surface area contributed by atoms with Gasteiger partial charge in [0.15, 0.2) is 0 Å². The molecule has 0 fully saturated rings. The second kappa shape index (κ2) is 21.1. The highest BCUT2D eigenvalue weighted by Gasteiger charge is 2.31. The maximum Gasteiger partial charge on any atom is 0.0816 e. The van der Waals surface area contributed by atoms with Crippen LogP contribution in [0.25, 0.3) is 176 Å². The molecule has 92 heavy (non-hydrogen) atoms. The van der Waals surface area contributed by atoms with Gasteiger partial charge in [0.2, 0.25) is 0 Å². The van der Waals surface area contributed by atoms with Crippen LogP contribution in [0.3, 0.4) is 0 Å². The van der Waals surface area contributed by atoms with Crippen LogP contribution in [0, 0.1) is 0 Å². The first-order valence-corrected chi connectivity index (χ1v) is 31.6. The van der Waals surface area contributed by atoms with E-state index in [4.69, 9.17) is 9.97 Å². The first-order chi connectivity index (χ1) is 44.9. The Hall–Kier alpha value is -11.5. The molecule has 3 aliphatic rings. The molecule has 2 N–H and O–H groups in total. The van der Waals surface area contributed by atoms with E-state index in [1.165, 1.54) is 0 Å². The number of rotatable bonds is 8. The molecule has 2 aromatic heterocycles. The third-order valence-corrected chi connectivity index (χ3v) is 19.2. The molecule has 0 amide bonds. The minimum absolute atomic E-state index is 0.882.